The zero-order valence-electron chi connectivity index (χ0n) is 10.2. The van der Waals surface area contributed by atoms with Crippen LogP contribution in [0, 0.1) is 5.41 Å². The zero-order chi connectivity index (χ0) is 12.5. The van der Waals surface area contributed by atoms with Crippen molar-refractivity contribution in [1.29, 1.82) is 0 Å². The molecule has 0 aromatic carbocycles. The van der Waals surface area contributed by atoms with E-state index in [1.807, 2.05) is 26.8 Å². The normalized spacial score (nSPS) is 11.5. The van der Waals surface area contributed by atoms with Crippen molar-refractivity contribution in [3.63, 3.8) is 0 Å². The first-order valence-corrected chi connectivity index (χ1v) is 5.49. The molecule has 0 saturated carbocycles. The first kappa shape index (κ1) is 11.5. The van der Waals surface area contributed by atoms with E-state index >= 15 is 0 Å². The van der Waals surface area contributed by atoms with Gasteiger partial charge in [0.1, 0.15) is 0 Å². The molecule has 0 saturated heterocycles. The Labute approximate surface area is 100 Å². The minimum Gasteiger partial charge on any atom is -0.294 e. The van der Waals surface area contributed by atoms with E-state index in [-0.39, 0.29) is 11.2 Å². The highest BCUT2D eigenvalue weighted by molar-refractivity contribution is 6.00. The second-order valence-corrected chi connectivity index (χ2v) is 4.98. The third-order valence-electron chi connectivity index (χ3n) is 2.48. The summed E-state index contributed by atoms with van der Waals surface area (Å²) in [5.41, 5.74) is 1.84. The summed E-state index contributed by atoms with van der Waals surface area (Å²) in [5, 5.41) is 6.71. The highest BCUT2D eigenvalue weighted by Crippen LogP contribution is 2.22. The Hall–Kier alpha value is -1.97. The van der Waals surface area contributed by atoms with Gasteiger partial charge in [0, 0.05) is 23.4 Å². The summed E-state index contributed by atoms with van der Waals surface area (Å²) >= 11 is 0. The number of carbonyl (C=O) groups is 1. The van der Waals surface area contributed by atoms with Crippen molar-refractivity contribution >= 4 is 5.78 Å². The molecule has 0 unspecified atom stereocenters. The highest BCUT2D eigenvalue weighted by Gasteiger charge is 2.23. The van der Waals surface area contributed by atoms with E-state index in [9.17, 15) is 4.79 Å². The summed E-state index contributed by atoms with van der Waals surface area (Å²) in [6.07, 6.45) is 3.31. The molecule has 1 N–H and O–H groups in total. The fraction of sp³-hybridized carbons (Fsp3) is 0.308. The van der Waals surface area contributed by atoms with Crippen molar-refractivity contribution in [2.24, 2.45) is 5.41 Å². The quantitative estimate of drug-likeness (QED) is 0.805. The van der Waals surface area contributed by atoms with Crippen molar-refractivity contribution < 1.29 is 4.79 Å². The van der Waals surface area contributed by atoms with Gasteiger partial charge in [0.15, 0.2) is 5.78 Å². The van der Waals surface area contributed by atoms with Crippen LogP contribution in [-0.4, -0.2) is 21.0 Å². The zero-order valence-corrected chi connectivity index (χ0v) is 10.2. The van der Waals surface area contributed by atoms with Crippen molar-refractivity contribution in [2.75, 3.05) is 0 Å². The van der Waals surface area contributed by atoms with Crippen LogP contribution in [0.25, 0.3) is 11.4 Å². The molecule has 0 atom stereocenters. The van der Waals surface area contributed by atoms with E-state index in [0.717, 1.165) is 11.4 Å². The maximum atomic E-state index is 12.1. The average molecular weight is 229 g/mol. The molecule has 88 valence electrons. The summed E-state index contributed by atoms with van der Waals surface area (Å²) in [4.78, 5) is 16.4. The maximum Gasteiger partial charge on any atom is 0.168 e. The lowest BCUT2D eigenvalue weighted by atomic mass is 9.86. The van der Waals surface area contributed by atoms with Crippen LogP contribution in [0.5, 0.6) is 0 Å². The Kier molecular flexibility index (Phi) is 2.79. The lowest BCUT2D eigenvalue weighted by Crippen LogP contribution is -2.20. The van der Waals surface area contributed by atoms with Gasteiger partial charge >= 0.3 is 0 Å². The number of hydrogen-bond donors (Lipinski definition) is 1. The molecule has 0 bridgehead atoms. The molecule has 0 aliphatic heterocycles. The van der Waals surface area contributed by atoms with E-state index in [1.54, 1.807) is 24.5 Å². The second kappa shape index (κ2) is 4.13. The lowest BCUT2D eigenvalue weighted by Gasteiger charge is -2.16. The predicted octanol–water partition coefficient (Wildman–Crippen LogP) is 2.70. The van der Waals surface area contributed by atoms with Gasteiger partial charge in [-0.2, -0.15) is 5.10 Å². The number of rotatable bonds is 2. The van der Waals surface area contributed by atoms with Crippen molar-refractivity contribution in [2.45, 2.75) is 20.8 Å². The Morgan fingerprint density at radius 1 is 1.24 bits per heavy atom. The van der Waals surface area contributed by atoms with Gasteiger partial charge in [-0.15, -0.1) is 0 Å². The fourth-order valence-corrected chi connectivity index (χ4v) is 1.55. The average Bonchev–Trinajstić information content (AvgIpc) is 2.80. The Bertz CT molecular complexity index is 524. The third-order valence-corrected chi connectivity index (χ3v) is 2.48. The number of aromatic amines is 1. The molecule has 0 aliphatic carbocycles. The van der Waals surface area contributed by atoms with Gasteiger partial charge < -0.3 is 0 Å². The molecule has 4 heteroatoms. The van der Waals surface area contributed by atoms with E-state index in [1.165, 1.54) is 0 Å². The number of H-pyrrole nitrogens is 1. The largest absolute Gasteiger partial charge is 0.294 e. The number of pyridine rings is 1. The Morgan fingerprint density at radius 2 is 2.00 bits per heavy atom. The topological polar surface area (TPSA) is 58.6 Å². The minimum atomic E-state index is -0.382. The van der Waals surface area contributed by atoms with Gasteiger partial charge in [0.2, 0.25) is 0 Å². The number of ketones is 1. The number of nitrogens with one attached hydrogen (secondary N) is 1. The number of Topliss-reactive ketones (excluding diaryl/α,β-unsaturated/α-hetero) is 1. The summed E-state index contributed by atoms with van der Waals surface area (Å²) in [5.74, 6) is 0.112. The predicted molar refractivity (Wildman–Crippen MR) is 65.6 cm³/mol. The fourth-order valence-electron chi connectivity index (χ4n) is 1.55. The molecule has 2 aromatic heterocycles. The molecule has 0 aliphatic rings. The summed E-state index contributed by atoms with van der Waals surface area (Å²) < 4.78 is 0. The molecular weight excluding hydrogens is 214 g/mol. The van der Waals surface area contributed by atoms with Crippen LogP contribution < -0.4 is 0 Å². The SMILES string of the molecule is CC(C)(C)C(=O)c1ccnc(-c2ccn[nH]2)c1. The van der Waals surface area contributed by atoms with Gasteiger partial charge in [0.05, 0.1) is 11.4 Å². The van der Waals surface area contributed by atoms with Crippen molar-refractivity contribution in [1.82, 2.24) is 15.2 Å². The third kappa shape index (κ3) is 2.41. The van der Waals surface area contributed by atoms with Crippen LogP contribution in [0.4, 0.5) is 0 Å². The number of carbonyl (C=O) groups excluding carboxylic acids is 1. The van der Waals surface area contributed by atoms with E-state index in [2.05, 4.69) is 15.2 Å². The van der Waals surface area contributed by atoms with Crippen LogP contribution in [0.15, 0.2) is 30.6 Å². The molecular formula is C13H15N3O. The number of hydrogen-bond acceptors (Lipinski definition) is 3. The summed E-state index contributed by atoms with van der Waals surface area (Å²) in [7, 11) is 0. The number of nitrogens with zero attached hydrogens (tertiary/aromatic N) is 2. The van der Waals surface area contributed by atoms with E-state index in [0.29, 0.717) is 5.56 Å². The molecule has 0 fully saturated rings. The minimum absolute atomic E-state index is 0.112. The molecule has 0 spiro atoms. The first-order valence-electron chi connectivity index (χ1n) is 5.49. The second-order valence-electron chi connectivity index (χ2n) is 4.98. The molecule has 17 heavy (non-hydrogen) atoms. The van der Waals surface area contributed by atoms with Crippen LogP contribution >= 0.6 is 0 Å². The van der Waals surface area contributed by atoms with Gasteiger partial charge in [-0.1, -0.05) is 20.8 Å². The van der Waals surface area contributed by atoms with Gasteiger partial charge in [-0.3, -0.25) is 14.9 Å². The Balaban J connectivity index is 2.39. The van der Waals surface area contributed by atoms with Crippen LogP contribution in [0.2, 0.25) is 0 Å². The van der Waals surface area contributed by atoms with E-state index in [4.69, 9.17) is 0 Å². The van der Waals surface area contributed by atoms with Crippen molar-refractivity contribution in [3.8, 4) is 11.4 Å². The van der Waals surface area contributed by atoms with Crippen LogP contribution in [0.3, 0.4) is 0 Å². The first-order chi connectivity index (χ1) is 7.98. The summed E-state index contributed by atoms with van der Waals surface area (Å²) in [6, 6.07) is 5.36. The maximum absolute atomic E-state index is 12.1. The smallest absolute Gasteiger partial charge is 0.168 e. The van der Waals surface area contributed by atoms with Gasteiger partial charge in [0.25, 0.3) is 0 Å². The van der Waals surface area contributed by atoms with Crippen LogP contribution in [-0.2, 0) is 0 Å². The van der Waals surface area contributed by atoms with Crippen LogP contribution in [0.1, 0.15) is 31.1 Å². The molecule has 2 aromatic rings. The summed E-state index contributed by atoms with van der Waals surface area (Å²) in [6.45, 7) is 5.73. The highest BCUT2D eigenvalue weighted by atomic mass is 16.1. The Morgan fingerprint density at radius 3 is 2.59 bits per heavy atom. The van der Waals surface area contributed by atoms with Gasteiger partial charge in [-0.05, 0) is 18.2 Å². The molecule has 0 amide bonds. The van der Waals surface area contributed by atoms with Crippen molar-refractivity contribution in [3.05, 3.63) is 36.2 Å². The molecule has 2 heterocycles. The number of aromatic nitrogens is 3. The molecule has 2 rings (SSSR count). The van der Waals surface area contributed by atoms with E-state index < -0.39 is 0 Å². The van der Waals surface area contributed by atoms with Gasteiger partial charge in [-0.25, -0.2) is 0 Å². The monoisotopic (exact) mass is 229 g/mol. The standard InChI is InChI=1S/C13H15N3O/c1-13(2,3)12(17)9-4-6-14-11(8-9)10-5-7-15-16-10/h4-8H,1-3H3,(H,15,16). The molecule has 0 radical (unpaired) electrons. The lowest BCUT2D eigenvalue weighted by molar-refractivity contribution is 0.0858. The molecule has 4 nitrogen and oxygen atoms in total.